The third kappa shape index (κ3) is 4.34. The maximum atomic E-state index is 14.7. The minimum Gasteiger partial charge on any atom is -0.494 e. The third-order valence-corrected chi connectivity index (χ3v) is 5.42. The Morgan fingerprint density at radius 3 is 2.58 bits per heavy atom. The number of nitriles is 1. The van der Waals surface area contributed by atoms with Crippen LogP contribution in [-0.4, -0.2) is 12.6 Å². The maximum Gasteiger partial charge on any atom is 0.343 e. The van der Waals surface area contributed by atoms with Crippen LogP contribution in [0.5, 0.6) is 17.2 Å². The smallest absolute Gasteiger partial charge is 0.343 e. The summed E-state index contributed by atoms with van der Waals surface area (Å²) in [6.45, 7) is 2.38. The molecule has 33 heavy (non-hydrogen) atoms. The summed E-state index contributed by atoms with van der Waals surface area (Å²) in [7, 11) is 0. The van der Waals surface area contributed by atoms with Crippen LogP contribution in [-0.2, 0) is 0 Å². The average molecular weight is 465 g/mol. The molecule has 2 N–H and O–H groups in total. The predicted octanol–water partition coefficient (Wildman–Crippen LogP) is 5.32. The van der Waals surface area contributed by atoms with Gasteiger partial charge >= 0.3 is 5.97 Å². The van der Waals surface area contributed by atoms with Crippen molar-refractivity contribution in [1.82, 2.24) is 0 Å². The third-order valence-electron chi connectivity index (χ3n) is 5.09. The molecule has 1 aliphatic heterocycles. The van der Waals surface area contributed by atoms with E-state index in [2.05, 4.69) is 0 Å². The topological polar surface area (TPSA) is 94.6 Å². The summed E-state index contributed by atoms with van der Waals surface area (Å²) < 4.78 is 31.1. The molecule has 1 atom stereocenters. The number of carbonyl (C=O) groups is 1. The van der Waals surface area contributed by atoms with Crippen molar-refractivity contribution in [3.05, 3.63) is 99.7 Å². The Morgan fingerprint density at radius 2 is 1.91 bits per heavy atom. The highest BCUT2D eigenvalue weighted by molar-refractivity contribution is 6.31. The summed E-state index contributed by atoms with van der Waals surface area (Å²) in [6.07, 6.45) is 0. The van der Waals surface area contributed by atoms with Gasteiger partial charge in [-0.1, -0.05) is 23.7 Å². The fourth-order valence-corrected chi connectivity index (χ4v) is 3.87. The fourth-order valence-electron chi connectivity index (χ4n) is 3.60. The summed E-state index contributed by atoms with van der Waals surface area (Å²) in [6, 6.07) is 17.4. The monoisotopic (exact) mass is 464 g/mol. The molecule has 0 saturated heterocycles. The van der Waals surface area contributed by atoms with Crippen LogP contribution in [0.1, 0.15) is 34.3 Å². The van der Waals surface area contributed by atoms with Crippen LogP contribution in [0.15, 0.2) is 72.1 Å². The van der Waals surface area contributed by atoms with Crippen LogP contribution in [0, 0.1) is 17.1 Å². The zero-order valence-corrected chi connectivity index (χ0v) is 18.2. The van der Waals surface area contributed by atoms with E-state index in [1.54, 1.807) is 30.3 Å². The highest BCUT2D eigenvalue weighted by atomic mass is 35.5. The van der Waals surface area contributed by atoms with Crippen molar-refractivity contribution in [3.8, 4) is 23.3 Å². The molecule has 8 heteroatoms. The van der Waals surface area contributed by atoms with Crippen LogP contribution in [0.25, 0.3) is 0 Å². The molecule has 0 bridgehead atoms. The number of nitrogens with two attached hydrogens (primary N) is 1. The van der Waals surface area contributed by atoms with E-state index in [4.69, 9.17) is 31.5 Å². The minimum absolute atomic E-state index is 0.0358. The number of nitrogens with zero attached hydrogens (tertiary/aromatic N) is 1. The van der Waals surface area contributed by atoms with Crippen LogP contribution >= 0.6 is 11.6 Å². The summed E-state index contributed by atoms with van der Waals surface area (Å²) in [5.41, 5.74) is 6.91. The molecular weight excluding hydrogens is 447 g/mol. The van der Waals surface area contributed by atoms with E-state index in [0.717, 1.165) is 0 Å². The van der Waals surface area contributed by atoms with Crippen LogP contribution in [0.4, 0.5) is 4.39 Å². The first kappa shape index (κ1) is 22.2. The standard InChI is InChI=1S/C25H18ClFN2O4/c1-2-31-15-8-6-14(7-9-15)25(30)32-16-10-11-17-21(12-16)33-24(29)18(13-28)22(17)23-19(26)4-3-5-20(23)27/h3-12,22H,2,29H2,1H3. The van der Waals surface area contributed by atoms with Crippen LogP contribution in [0.3, 0.4) is 0 Å². The number of hydrogen-bond acceptors (Lipinski definition) is 6. The molecule has 0 amide bonds. The van der Waals surface area contributed by atoms with Gasteiger partial charge in [-0.3, -0.25) is 0 Å². The molecule has 166 valence electrons. The van der Waals surface area contributed by atoms with E-state index in [1.165, 1.54) is 30.3 Å². The largest absolute Gasteiger partial charge is 0.494 e. The molecule has 1 heterocycles. The van der Waals surface area contributed by atoms with Gasteiger partial charge in [-0.25, -0.2) is 9.18 Å². The molecule has 1 aliphatic rings. The lowest BCUT2D eigenvalue weighted by atomic mass is 9.83. The second kappa shape index (κ2) is 9.23. The number of ether oxygens (including phenoxy) is 3. The maximum absolute atomic E-state index is 14.7. The highest BCUT2D eigenvalue weighted by Gasteiger charge is 2.34. The Bertz CT molecular complexity index is 1280. The van der Waals surface area contributed by atoms with Crippen LogP contribution in [0.2, 0.25) is 5.02 Å². The van der Waals surface area contributed by atoms with Crippen molar-refractivity contribution in [2.45, 2.75) is 12.8 Å². The van der Waals surface area contributed by atoms with Gasteiger partial charge in [-0.15, -0.1) is 0 Å². The molecule has 0 spiro atoms. The first-order valence-electron chi connectivity index (χ1n) is 10.0. The number of halogens is 2. The Labute approximate surface area is 194 Å². The molecule has 1 unspecified atom stereocenters. The lowest BCUT2D eigenvalue weighted by molar-refractivity contribution is 0.0734. The van der Waals surface area contributed by atoms with Gasteiger partial charge in [0.05, 0.1) is 18.1 Å². The van der Waals surface area contributed by atoms with E-state index >= 15 is 0 Å². The van der Waals surface area contributed by atoms with E-state index in [0.29, 0.717) is 23.5 Å². The van der Waals surface area contributed by atoms with Gasteiger partial charge in [0.25, 0.3) is 0 Å². The van der Waals surface area contributed by atoms with Crippen molar-refractivity contribution in [1.29, 1.82) is 5.26 Å². The first-order valence-corrected chi connectivity index (χ1v) is 10.4. The Morgan fingerprint density at radius 1 is 1.18 bits per heavy atom. The number of benzene rings is 3. The molecule has 6 nitrogen and oxygen atoms in total. The zero-order chi connectivity index (χ0) is 23.5. The molecule has 3 aromatic carbocycles. The lowest BCUT2D eigenvalue weighted by Crippen LogP contribution is -2.22. The lowest BCUT2D eigenvalue weighted by Gasteiger charge is -2.27. The molecule has 0 fully saturated rings. The first-order chi connectivity index (χ1) is 15.9. The number of fused-ring (bicyclic) bond motifs is 1. The quantitative estimate of drug-likeness (QED) is 0.406. The SMILES string of the molecule is CCOc1ccc(C(=O)Oc2ccc3c(c2)OC(N)=C(C#N)C3c2c(F)cccc2Cl)cc1. The Balaban J connectivity index is 1.67. The van der Waals surface area contributed by atoms with Gasteiger partial charge < -0.3 is 19.9 Å². The summed E-state index contributed by atoms with van der Waals surface area (Å²) >= 11 is 6.27. The van der Waals surface area contributed by atoms with Crippen molar-refractivity contribution in [3.63, 3.8) is 0 Å². The Hall–Kier alpha value is -4.02. The van der Waals surface area contributed by atoms with Gasteiger partial charge in [0, 0.05) is 22.2 Å². The number of esters is 1. The van der Waals surface area contributed by atoms with Crippen molar-refractivity contribution >= 4 is 17.6 Å². The normalized spacial score (nSPS) is 14.7. The molecule has 0 saturated carbocycles. The second-order valence-electron chi connectivity index (χ2n) is 7.11. The minimum atomic E-state index is -0.872. The van der Waals surface area contributed by atoms with E-state index < -0.39 is 17.7 Å². The van der Waals surface area contributed by atoms with Crippen molar-refractivity contribution in [2.24, 2.45) is 5.73 Å². The molecule has 0 aliphatic carbocycles. The van der Waals surface area contributed by atoms with Crippen molar-refractivity contribution in [2.75, 3.05) is 6.61 Å². The molecule has 0 aromatic heterocycles. The van der Waals surface area contributed by atoms with Crippen LogP contribution < -0.4 is 19.9 Å². The van der Waals surface area contributed by atoms with E-state index in [9.17, 15) is 14.4 Å². The molecule has 4 rings (SSSR count). The summed E-state index contributed by atoms with van der Waals surface area (Å²) in [5, 5.41) is 9.79. The molecule has 0 radical (unpaired) electrons. The number of allylic oxidation sites excluding steroid dienone is 1. The highest BCUT2D eigenvalue weighted by Crippen LogP contribution is 2.46. The molecular formula is C25H18ClFN2O4. The van der Waals surface area contributed by atoms with Gasteiger partial charge in [-0.05, 0) is 49.4 Å². The summed E-state index contributed by atoms with van der Waals surface area (Å²) in [5.74, 6) is -1.14. The fraction of sp³-hybridized carbons (Fsp3) is 0.120. The summed E-state index contributed by atoms with van der Waals surface area (Å²) in [4.78, 5) is 12.5. The Kier molecular flexibility index (Phi) is 6.20. The average Bonchev–Trinajstić information content (AvgIpc) is 2.79. The molecule has 3 aromatic rings. The van der Waals surface area contributed by atoms with Gasteiger partial charge in [0.2, 0.25) is 5.88 Å². The van der Waals surface area contributed by atoms with Gasteiger partial charge in [0.15, 0.2) is 0 Å². The number of carbonyl (C=O) groups excluding carboxylic acids is 1. The second-order valence-corrected chi connectivity index (χ2v) is 7.51. The van der Waals surface area contributed by atoms with Crippen molar-refractivity contribution < 1.29 is 23.4 Å². The van der Waals surface area contributed by atoms with E-state index in [1.807, 2.05) is 13.0 Å². The van der Waals surface area contributed by atoms with Gasteiger partial charge in [0.1, 0.15) is 34.7 Å². The predicted molar refractivity (Wildman–Crippen MR) is 120 cm³/mol. The zero-order valence-electron chi connectivity index (χ0n) is 17.5. The van der Waals surface area contributed by atoms with Gasteiger partial charge in [-0.2, -0.15) is 5.26 Å². The number of hydrogen-bond donors (Lipinski definition) is 1. The number of rotatable bonds is 5. The van der Waals surface area contributed by atoms with E-state index in [-0.39, 0.29) is 33.5 Å².